The number of aryl methyl sites for hydroxylation is 1. The third kappa shape index (κ3) is 3.36. The van der Waals surface area contributed by atoms with Gasteiger partial charge in [0.05, 0.1) is 0 Å². The van der Waals surface area contributed by atoms with Crippen LogP contribution in [0.1, 0.15) is 59.8 Å². The second kappa shape index (κ2) is 6.60. The number of nitrogens with zero attached hydrogens (tertiary/aromatic N) is 3. The van der Waals surface area contributed by atoms with Crippen LogP contribution in [0.3, 0.4) is 0 Å². The van der Waals surface area contributed by atoms with Crippen LogP contribution in [0.15, 0.2) is 48.8 Å². The molecule has 0 N–H and O–H groups in total. The maximum Gasteiger partial charge on any atom is 0.274 e. The number of hydrogen-bond donors (Lipinski definition) is 0. The van der Waals surface area contributed by atoms with Gasteiger partial charge < -0.3 is 9.30 Å². The largest absolute Gasteiger partial charge is 0.330 e. The van der Waals surface area contributed by atoms with Crippen molar-refractivity contribution in [1.29, 1.82) is 0 Å². The van der Waals surface area contributed by atoms with Gasteiger partial charge in [-0.3, -0.25) is 4.79 Å². The molecule has 3 aromatic rings. The number of pyridine rings is 1. The molecule has 0 unspecified atom stereocenters. The molecular weight excluding hydrogens is 322 g/mol. The van der Waals surface area contributed by atoms with Crippen molar-refractivity contribution in [3.05, 3.63) is 71.2 Å². The molecular formula is C22H25N3O. The van der Waals surface area contributed by atoms with Crippen LogP contribution in [0.25, 0.3) is 5.65 Å². The van der Waals surface area contributed by atoms with E-state index >= 15 is 0 Å². The topological polar surface area (TPSA) is 37.6 Å². The summed E-state index contributed by atoms with van der Waals surface area (Å²) in [5, 5.41) is 0. The van der Waals surface area contributed by atoms with Gasteiger partial charge >= 0.3 is 0 Å². The normalized spacial score (nSPS) is 14.2. The second-order valence-corrected chi connectivity index (χ2v) is 7.66. The first-order valence-corrected chi connectivity index (χ1v) is 9.36. The highest BCUT2D eigenvalue weighted by molar-refractivity contribution is 5.93. The van der Waals surface area contributed by atoms with Crippen molar-refractivity contribution in [2.75, 3.05) is 0 Å². The Labute approximate surface area is 154 Å². The summed E-state index contributed by atoms with van der Waals surface area (Å²) in [7, 11) is 0. The van der Waals surface area contributed by atoms with E-state index in [1.165, 1.54) is 11.1 Å². The minimum Gasteiger partial charge on any atom is -0.330 e. The fraction of sp³-hybridized carbons (Fsp3) is 0.364. The molecule has 0 aliphatic heterocycles. The van der Waals surface area contributed by atoms with E-state index in [0.717, 1.165) is 24.1 Å². The van der Waals surface area contributed by atoms with Crippen LogP contribution in [0.5, 0.6) is 0 Å². The quantitative estimate of drug-likeness (QED) is 0.678. The van der Waals surface area contributed by atoms with Crippen molar-refractivity contribution in [2.24, 2.45) is 0 Å². The first kappa shape index (κ1) is 16.8. The fourth-order valence-electron chi connectivity index (χ4n) is 3.29. The molecule has 26 heavy (non-hydrogen) atoms. The highest BCUT2D eigenvalue weighted by atomic mass is 16.2. The Hall–Kier alpha value is -2.62. The summed E-state index contributed by atoms with van der Waals surface area (Å²) in [4.78, 5) is 19.7. The lowest BCUT2D eigenvalue weighted by molar-refractivity contribution is 0.0724. The fourth-order valence-corrected chi connectivity index (χ4v) is 3.29. The highest BCUT2D eigenvalue weighted by Gasteiger charge is 2.34. The molecule has 4 nitrogen and oxygen atoms in total. The van der Waals surface area contributed by atoms with Crippen LogP contribution < -0.4 is 0 Å². The number of fused-ring (bicyclic) bond motifs is 1. The number of aromatic nitrogens is 2. The molecule has 1 aliphatic rings. The molecule has 134 valence electrons. The average Bonchev–Trinajstić information content (AvgIpc) is 3.38. The van der Waals surface area contributed by atoms with Crippen molar-refractivity contribution in [3.8, 4) is 0 Å². The smallest absolute Gasteiger partial charge is 0.274 e. The molecule has 2 heterocycles. The number of rotatable bonds is 5. The van der Waals surface area contributed by atoms with Gasteiger partial charge in [-0.15, -0.1) is 0 Å². The Bertz CT molecular complexity index is 936. The van der Waals surface area contributed by atoms with Crippen molar-refractivity contribution in [2.45, 2.75) is 52.1 Å². The Morgan fingerprint density at radius 1 is 1.23 bits per heavy atom. The van der Waals surface area contributed by atoms with E-state index in [0.29, 0.717) is 24.2 Å². The third-order valence-electron chi connectivity index (χ3n) is 5.08. The van der Waals surface area contributed by atoms with Crippen LogP contribution in [0.2, 0.25) is 0 Å². The molecule has 0 radical (unpaired) electrons. The molecule has 2 aromatic heterocycles. The number of carbonyl (C=O) groups excluding carboxylic acids is 1. The molecule has 1 saturated carbocycles. The molecule has 0 bridgehead atoms. The van der Waals surface area contributed by atoms with Gasteiger partial charge in [0.15, 0.2) is 0 Å². The number of amides is 1. The van der Waals surface area contributed by atoms with Crippen LogP contribution >= 0.6 is 0 Å². The standard InChI is InChI=1S/C22H25N3O/c1-15(2)18-6-4-17(5-7-18)13-25(19-8-9-19)22(26)20-14-24-11-10-16(3)12-21(24)23-20/h4-7,10-12,14-15,19H,8-9,13H2,1-3H3. The van der Waals surface area contributed by atoms with Crippen LogP contribution in [0, 0.1) is 6.92 Å². The summed E-state index contributed by atoms with van der Waals surface area (Å²) in [6.07, 6.45) is 5.97. The number of hydrogen-bond acceptors (Lipinski definition) is 2. The van der Waals surface area contributed by atoms with Gasteiger partial charge in [0.1, 0.15) is 11.3 Å². The van der Waals surface area contributed by atoms with E-state index in [9.17, 15) is 4.79 Å². The minimum absolute atomic E-state index is 0.0294. The summed E-state index contributed by atoms with van der Waals surface area (Å²) in [6.45, 7) is 7.07. The Morgan fingerprint density at radius 2 is 1.96 bits per heavy atom. The molecule has 1 aliphatic carbocycles. The third-order valence-corrected chi connectivity index (χ3v) is 5.08. The monoisotopic (exact) mass is 347 g/mol. The predicted octanol–water partition coefficient (Wildman–Crippen LogP) is 4.57. The van der Waals surface area contributed by atoms with Crippen molar-refractivity contribution in [3.63, 3.8) is 0 Å². The molecule has 4 rings (SSSR count). The summed E-state index contributed by atoms with van der Waals surface area (Å²) in [5.74, 6) is 0.549. The van der Waals surface area contributed by atoms with Crippen molar-refractivity contribution >= 4 is 11.6 Å². The van der Waals surface area contributed by atoms with Crippen LogP contribution in [-0.4, -0.2) is 26.2 Å². The lowest BCUT2D eigenvalue weighted by Crippen LogP contribution is -2.32. The Balaban J connectivity index is 1.58. The first-order chi connectivity index (χ1) is 12.5. The van der Waals surface area contributed by atoms with Crippen molar-refractivity contribution < 1.29 is 4.79 Å². The zero-order valence-electron chi connectivity index (χ0n) is 15.6. The van der Waals surface area contributed by atoms with Gasteiger partial charge in [0, 0.05) is 25.0 Å². The summed E-state index contributed by atoms with van der Waals surface area (Å²) < 4.78 is 1.92. The Morgan fingerprint density at radius 3 is 2.62 bits per heavy atom. The summed E-state index contributed by atoms with van der Waals surface area (Å²) >= 11 is 0. The van der Waals surface area contributed by atoms with Gasteiger partial charge in [0.2, 0.25) is 0 Å². The van der Waals surface area contributed by atoms with Gasteiger partial charge in [-0.2, -0.15) is 0 Å². The van der Waals surface area contributed by atoms with Gasteiger partial charge in [-0.05, 0) is 54.5 Å². The molecule has 1 amide bonds. The minimum atomic E-state index is 0.0294. The predicted molar refractivity (Wildman–Crippen MR) is 103 cm³/mol. The van der Waals surface area contributed by atoms with Crippen LogP contribution in [0.4, 0.5) is 0 Å². The van der Waals surface area contributed by atoms with Crippen LogP contribution in [-0.2, 0) is 6.54 Å². The Kier molecular flexibility index (Phi) is 4.27. The van der Waals surface area contributed by atoms with E-state index in [1.807, 2.05) is 40.8 Å². The van der Waals surface area contributed by atoms with E-state index < -0.39 is 0 Å². The van der Waals surface area contributed by atoms with E-state index in [1.54, 1.807) is 0 Å². The molecule has 0 atom stereocenters. The first-order valence-electron chi connectivity index (χ1n) is 9.36. The SMILES string of the molecule is Cc1ccn2cc(C(=O)N(Cc3ccc(C(C)C)cc3)C3CC3)nc2c1. The maximum absolute atomic E-state index is 13.1. The van der Waals surface area contributed by atoms with E-state index in [4.69, 9.17) is 0 Å². The van der Waals surface area contributed by atoms with Crippen molar-refractivity contribution in [1.82, 2.24) is 14.3 Å². The lowest BCUT2D eigenvalue weighted by Gasteiger charge is -2.22. The summed E-state index contributed by atoms with van der Waals surface area (Å²) in [6, 6.07) is 13.0. The molecule has 0 saturated heterocycles. The highest BCUT2D eigenvalue weighted by Crippen LogP contribution is 2.30. The molecule has 1 aromatic carbocycles. The lowest BCUT2D eigenvalue weighted by atomic mass is 10.0. The molecule has 0 spiro atoms. The number of benzene rings is 1. The van der Waals surface area contributed by atoms with Gasteiger partial charge in [-0.1, -0.05) is 38.1 Å². The second-order valence-electron chi connectivity index (χ2n) is 7.66. The van der Waals surface area contributed by atoms with E-state index in [-0.39, 0.29) is 5.91 Å². The average molecular weight is 347 g/mol. The summed E-state index contributed by atoms with van der Waals surface area (Å²) in [5.41, 5.74) is 5.00. The zero-order valence-corrected chi connectivity index (χ0v) is 15.6. The number of imidazole rings is 1. The molecule has 1 fully saturated rings. The van der Waals surface area contributed by atoms with Gasteiger partial charge in [-0.25, -0.2) is 4.98 Å². The molecule has 4 heteroatoms. The number of carbonyl (C=O) groups is 1. The maximum atomic E-state index is 13.1. The zero-order chi connectivity index (χ0) is 18.3. The van der Waals surface area contributed by atoms with E-state index in [2.05, 4.69) is 43.1 Å². The van der Waals surface area contributed by atoms with Gasteiger partial charge in [0.25, 0.3) is 5.91 Å².